The van der Waals surface area contributed by atoms with Crippen LogP contribution < -0.4 is 0 Å². The largest absolute Gasteiger partial charge is 0.451 e. The predicted octanol–water partition coefficient (Wildman–Crippen LogP) is 6.52. The van der Waals surface area contributed by atoms with Crippen LogP contribution in [0.25, 0.3) is 33.0 Å². The smallest absolute Gasteiger partial charge is 0.290 e. The van der Waals surface area contributed by atoms with Crippen LogP contribution in [0.3, 0.4) is 0 Å². The van der Waals surface area contributed by atoms with Crippen LogP contribution in [0.1, 0.15) is 67.9 Å². The predicted molar refractivity (Wildman–Crippen MR) is 221 cm³/mol. The maximum atomic E-state index is 13.6. The molecule has 8 rings (SSSR count). The third-order valence-corrected chi connectivity index (χ3v) is 12.0. The zero-order chi connectivity index (χ0) is 39.5. The lowest BCUT2D eigenvalue weighted by Gasteiger charge is -2.27. The van der Waals surface area contributed by atoms with Gasteiger partial charge in [-0.1, -0.05) is 30.4 Å². The van der Waals surface area contributed by atoms with Crippen molar-refractivity contribution in [2.45, 2.75) is 38.5 Å². The SMILES string of the molecule is CN(CN(C)C(=O)c1cc2cc(C3=CCCN(C(=O)CCc4nncs4)C3)ccc2o1)C(=O)c1cc2ccc(C3=CCCN(C(=O)CCc4nccs4)C3)cc2[nH]1. The zero-order valence-electron chi connectivity index (χ0n) is 31.8. The standard InChI is InChI=1S/C42H42N8O5S2/c1-47(41(53)34-21-29-8-7-28(20-33(29)45-34)31-6-4-17-50(24-31)39(51)13-11-37-43-15-18-56-37)26-48(2)42(54)36-22-32-19-27(9-10-35(32)55-36)30-5-3-16-49(23-30)40(52)14-12-38-46-44-25-57-38/h5-10,15,18-22,25,45H,3-4,11-14,16-17,23-24,26H2,1-2H3. The van der Waals surface area contributed by atoms with Crippen LogP contribution in [0, 0.1) is 0 Å². The minimum atomic E-state index is -0.353. The van der Waals surface area contributed by atoms with Crippen molar-refractivity contribution in [3.8, 4) is 0 Å². The highest BCUT2D eigenvalue weighted by Crippen LogP contribution is 2.29. The number of carbonyl (C=O) groups excluding carboxylic acids is 4. The van der Waals surface area contributed by atoms with Gasteiger partial charge in [0.05, 0.1) is 11.7 Å². The molecule has 2 aliphatic rings. The molecule has 0 unspecified atom stereocenters. The number of aromatic nitrogens is 4. The van der Waals surface area contributed by atoms with Gasteiger partial charge in [-0.15, -0.1) is 32.9 Å². The first kappa shape index (κ1) is 38.0. The second-order valence-electron chi connectivity index (χ2n) is 14.4. The highest BCUT2D eigenvalue weighted by atomic mass is 32.1. The number of thiazole rings is 1. The van der Waals surface area contributed by atoms with E-state index >= 15 is 0 Å². The highest BCUT2D eigenvalue weighted by molar-refractivity contribution is 7.09. The molecular formula is C42H42N8O5S2. The van der Waals surface area contributed by atoms with Crippen LogP contribution in [0.2, 0.25) is 0 Å². The lowest BCUT2D eigenvalue weighted by Crippen LogP contribution is -2.40. The average Bonchev–Trinajstić information content (AvgIpc) is 4.08. The first-order chi connectivity index (χ1) is 27.7. The lowest BCUT2D eigenvalue weighted by molar-refractivity contribution is -0.131. The Kier molecular flexibility index (Phi) is 11.1. The van der Waals surface area contributed by atoms with Crippen molar-refractivity contribution in [3.05, 3.63) is 110 Å². The molecule has 13 nitrogen and oxygen atoms in total. The van der Waals surface area contributed by atoms with Gasteiger partial charge in [-0.25, -0.2) is 4.98 Å². The summed E-state index contributed by atoms with van der Waals surface area (Å²) >= 11 is 3.02. The number of carbonyl (C=O) groups is 4. The van der Waals surface area contributed by atoms with Gasteiger partial charge >= 0.3 is 0 Å². The second-order valence-corrected chi connectivity index (χ2v) is 16.3. The number of nitrogens with one attached hydrogen (secondary N) is 1. The highest BCUT2D eigenvalue weighted by Gasteiger charge is 2.24. The fraction of sp³-hybridized carbons (Fsp3) is 0.310. The molecule has 292 valence electrons. The van der Waals surface area contributed by atoms with Crippen molar-refractivity contribution < 1.29 is 23.6 Å². The summed E-state index contributed by atoms with van der Waals surface area (Å²) in [6.45, 7) is 2.46. The van der Waals surface area contributed by atoms with Gasteiger partial charge in [-0.05, 0) is 65.4 Å². The minimum Gasteiger partial charge on any atom is -0.451 e. The van der Waals surface area contributed by atoms with Crippen molar-refractivity contribution in [2.75, 3.05) is 46.9 Å². The van der Waals surface area contributed by atoms with Crippen molar-refractivity contribution >= 4 is 79.3 Å². The van der Waals surface area contributed by atoms with Gasteiger partial charge in [0.2, 0.25) is 11.8 Å². The molecule has 0 bridgehead atoms. The summed E-state index contributed by atoms with van der Waals surface area (Å²) in [5.41, 5.74) is 7.58. The van der Waals surface area contributed by atoms with Gasteiger partial charge in [-0.2, -0.15) is 0 Å². The fourth-order valence-corrected chi connectivity index (χ4v) is 8.54. The summed E-state index contributed by atoms with van der Waals surface area (Å²) in [5, 5.41) is 13.3. The number of fused-ring (bicyclic) bond motifs is 2. The second kappa shape index (κ2) is 16.7. The van der Waals surface area contributed by atoms with Crippen molar-refractivity contribution in [2.24, 2.45) is 0 Å². The number of benzene rings is 2. The molecule has 0 atom stereocenters. The monoisotopic (exact) mass is 802 g/mol. The molecule has 2 aliphatic heterocycles. The number of hydrogen-bond donors (Lipinski definition) is 1. The number of aryl methyl sites for hydroxylation is 2. The summed E-state index contributed by atoms with van der Waals surface area (Å²) in [5.74, 6) is -0.227. The Morgan fingerprint density at radius 2 is 1.47 bits per heavy atom. The van der Waals surface area contributed by atoms with Crippen LogP contribution in [0.15, 0.2) is 82.2 Å². The van der Waals surface area contributed by atoms with E-state index in [2.05, 4.69) is 32.3 Å². The molecule has 0 saturated carbocycles. The molecule has 1 N–H and O–H groups in total. The van der Waals surface area contributed by atoms with E-state index in [0.717, 1.165) is 61.4 Å². The molecule has 0 spiro atoms. The van der Waals surface area contributed by atoms with Crippen LogP contribution in [0.5, 0.6) is 0 Å². The van der Waals surface area contributed by atoms with Gasteiger partial charge in [-0.3, -0.25) is 19.2 Å². The molecule has 4 aromatic heterocycles. The van der Waals surface area contributed by atoms with Crippen LogP contribution in [-0.4, -0.2) is 110 Å². The molecule has 0 saturated heterocycles. The topological polar surface area (TPSA) is 149 Å². The first-order valence-electron chi connectivity index (χ1n) is 18.9. The molecule has 2 aromatic carbocycles. The Bertz CT molecular complexity index is 2330. The number of nitrogens with zero attached hydrogens (tertiary/aromatic N) is 7. The van der Waals surface area contributed by atoms with Crippen LogP contribution >= 0.6 is 22.7 Å². The first-order valence-corrected chi connectivity index (χ1v) is 20.7. The molecule has 6 heterocycles. The van der Waals surface area contributed by atoms with Crippen LogP contribution in [-0.2, 0) is 22.4 Å². The molecule has 15 heteroatoms. The van der Waals surface area contributed by atoms with E-state index in [1.807, 2.05) is 57.6 Å². The zero-order valence-corrected chi connectivity index (χ0v) is 33.4. The average molecular weight is 803 g/mol. The number of furan rings is 1. The molecule has 0 radical (unpaired) electrons. The maximum Gasteiger partial charge on any atom is 0.290 e. The van der Waals surface area contributed by atoms with Crippen molar-refractivity contribution in [1.82, 2.24) is 39.8 Å². The van der Waals surface area contributed by atoms with Crippen molar-refractivity contribution in [3.63, 3.8) is 0 Å². The summed E-state index contributed by atoms with van der Waals surface area (Å²) in [6.07, 6.45) is 9.71. The van der Waals surface area contributed by atoms with Crippen LogP contribution in [0.4, 0.5) is 0 Å². The third-order valence-electron chi connectivity index (χ3n) is 10.4. The summed E-state index contributed by atoms with van der Waals surface area (Å²) in [4.78, 5) is 67.3. The molecule has 57 heavy (non-hydrogen) atoms. The number of hydrogen-bond acceptors (Lipinski definition) is 10. The summed E-state index contributed by atoms with van der Waals surface area (Å²) in [6, 6.07) is 15.4. The quantitative estimate of drug-likeness (QED) is 0.138. The van der Waals surface area contributed by atoms with E-state index < -0.39 is 0 Å². The maximum absolute atomic E-state index is 13.6. The van der Waals surface area contributed by atoms with Gasteiger partial charge in [0.25, 0.3) is 11.8 Å². The Labute approximate surface area is 337 Å². The van der Waals surface area contributed by atoms with E-state index in [0.29, 0.717) is 63.1 Å². The lowest BCUT2D eigenvalue weighted by atomic mass is 9.99. The van der Waals surface area contributed by atoms with Gasteiger partial charge < -0.3 is 29.0 Å². The summed E-state index contributed by atoms with van der Waals surface area (Å²) < 4.78 is 5.97. The summed E-state index contributed by atoms with van der Waals surface area (Å²) in [7, 11) is 3.29. The number of amides is 4. The van der Waals surface area contributed by atoms with Crippen molar-refractivity contribution in [1.29, 1.82) is 0 Å². The molecule has 4 amide bonds. The van der Waals surface area contributed by atoms with E-state index in [9.17, 15) is 19.2 Å². The molecular weight excluding hydrogens is 761 g/mol. The number of rotatable bonds is 12. The van der Waals surface area contributed by atoms with E-state index in [1.165, 1.54) is 21.1 Å². The van der Waals surface area contributed by atoms with E-state index in [-0.39, 0.29) is 36.1 Å². The number of aromatic amines is 1. The Morgan fingerprint density at radius 1 is 0.789 bits per heavy atom. The number of H-pyrrole nitrogens is 1. The minimum absolute atomic E-state index is 0.0374. The third kappa shape index (κ3) is 8.59. The van der Waals surface area contributed by atoms with Gasteiger partial charge in [0.15, 0.2) is 5.76 Å². The van der Waals surface area contributed by atoms with E-state index in [4.69, 9.17) is 4.42 Å². The normalized spacial score (nSPS) is 14.5. The van der Waals surface area contributed by atoms with Gasteiger partial charge in [0.1, 0.15) is 21.8 Å². The molecule has 0 fully saturated rings. The Morgan fingerprint density at radius 3 is 2.16 bits per heavy atom. The Balaban J connectivity index is 0.870. The molecule has 6 aromatic rings. The molecule has 0 aliphatic carbocycles. The van der Waals surface area contributed by atoms with E-state index in [1.54, 1.807) is 43.2 Å². The Hall–Kier alpha value is -5.93. The fourth-order valence-electron chi connectivity index (χ4n) is 7.39. The van der Waals surface area contributed by atoms with Gasteiger partial charge in [0, 0.05) is 93.8 Å².